The number of hydrogen-bond donors (Lipinski definition) is 2. The number of nitrogens with one attached hydrogen (secondary N) is 1. The summed E-state index contributed by atoms with van der Waals surface area (Å²) in [6.45, 7) is 2.19. The van der Waals surface area contributed by atoms with E-state index in [1.54, 1.807) is 31.2 Å². The summed E-state index contributed by atoms with van der Waals surface area (Å²) in [6, 6.07) is 14.9. The fourth-order valence-electron chi connectivity index (χ4n) is 3.63. The van der Waals surface area contributed by atoms with Gasteiger partial charge in [-0.05, 0) is 61.6 Å². The van der Waals surface area contributed by atoms with Crippen LogP contribution in [0, 0.1) is 0 Å². The molecule has 2 amide bonds. The first-order valence-corrected chi connectivity index (χ1v) is 9.99. The summed E-state index contributed by atoms with van der Waals surface area (Å²) in [5, 5.41) is 3.39. The fourth-order valence-corrected chi connectivity index (χ4v) is 3.82. The number of nitrogens with zero attached hydrogens (tertiary/aromatic N) is 1. The largest absolute Gasteiger partial charge is 0.336 e. The molecule has 0 spiro atoms. The third kappa shape index (κ3) is 5.33. The van der Waals surface area contributed by atoms with Crippen molar-refractivity contribution >= 4 is 29.1 Å². The maximum absolute atomic E-state index is 12.3. The summed E-state index contributed by atoms with van der Waals surface area (Å²) in [6.07, 6.45) is 3.83. The van der Waals surface area contributed by atoms with E-state index in [2.05, 4.69) is 5.32 Å². The lowest BCUT2D eigenvalue weighted by molar-refractivity contribution is -0.132. The SMILES string of the molecule is CC(=O)N(Cc1ccc(NC(=O)c2cccc(Cl)c2)cc1)C1CCC(N)CC1. The molecule has 0 saturated heterocycles. The van der Waals surface area contributed by atoms with Gasteiger partial charge in [0, 0.05) is 41.8 Å². The molecule has 28 heavy (non-hydrogen) atoms. The molecule has 6 heteroatoms. The first kappa shape index (κ1) is 20.4. The molecule has 2 aromatic rings. The minimum Gasteiger partial charge on any atom is -0.336 e. The van der Waals surface area contributed by atoms with Crippen molar-refractivity contribution < 1.29 is 9.59 Å². The topological polar surface area (TPSA) is 75.4 Å². The van der Waals surface area contributed by atoms with E-state index in [0.717, 1.165) is 31.2 Å². The highest BCUT2D eigenvalue weighted by Gasteiger charge is 2.26. The van der Waals surface area contributed by atoms with E-state index >= 15 is 0 Å². The van der Waals surface area contributed by atoms with E-state index in [1.807, 2.05) is 29.2 Å². The van der Waals surface area contributed by atoms with Crippen molar-refractivity contribution in [2.45, 2.75) is 51.2 Å². The van der Waals surface area contributed by atoms with Crippen LogP contribution in [0.4, 0.5) is 5.69 Å². The zero-order valence-corrected chi connectivity index (χ0v) is 16.8. The Morgan fingerprint density at radius 3 is 2.39 bits per heavy atom. The Morgan fingerprint density at radius 2 is 1.79 bits per heavy atom. The lowest BCUT2D eigenvalue weighted by Crippen LogP contribution is -2.42. The number of anilines is 1. The molecule has 1 aliphatic rings. The van der Waals surface area contributed by atoms with Crippen molar-refractivity contribution in [1.29, 1.82) is 0 Å². The lowest BCUT2D eigenvalue weighted by atomic mass is 9.90. The zero-order chi connectivity index (χ0) is 20.1. The van der Waals surface area contributed by atoms with Crippen LogP contribution in [0.25, 0.3) is 0 Å². The summed E-state index contributed by atoms with van der Waals surface area (Å²) in [7, 11) is 0. The van der Waals surface area contributed by atoms with Crippen LogP contribution in [0.3, 0.4) is 0 Å². The Hall–Kier alpha value is -2.37. The molecular weight excluding hydrogens is 374 g/mol. The van der Waals surface area contributed by atoms with Gasteiger partial charge in [-0.2, -0.15) is 0 Å². The molecule has 0 heterocycles. The number of nitrogens with two attached hydrogens (primary N) is 1. The second-order valence-electron chi connectivity index (χ2n) is 7.38. The third-order valence-corrected chi connectivity index (χ3v) is 5.47. The Labute approximate surface area is 170 Å². The molecule has 2 aromatic carbocycles. The van der Waals surface area contributed by atoms with Gasteiger partial charge in [-0.15, -0.1) is 0 Å². The number of hydrogen-bond acceptors (Lipinski definition) is 3. The Balaban J connectivity index is 1.63. The number of amides is 2. The Morgan fingerprint density at radius 1 is 1.11 bits per heavy atom. The van der Waals surface area contributed by atoms with Crippen LogP contribution in [0.15, 0.2) is 48.5 Å². The molecule has 148 valence electrons. The standard InChI is InChI=1S/C22H26ClN3O2/c1-15(27)26(21-11-7-19(24)8-12-21)14-16-5-9-20(10-6-16)25-22(28)17-3-2-4-18(23)13-17/h2-6,9-10,13,19,21H,7-8,11-12,14,24H2,1H3,(H,25,28). The van der Waals surface area contributed by atoms with Crippen LogP contribution in [0.5, 0.6) is 0 Å². The van der Waals surface area contributed by atoms with Crippen molar-refractivity contribution in [3.05, 3.63) is 64.7 Å². The average molecular weight is 400 g/mol. The lowest BCUT2D eigenvalue weighted by Gasteiger charge is -2.35. The highest BCUT2D eigenvalue weighted by atomic mass is 35.5. The molecule has 1 fully saturated rings. The van der Waals surface area contributed by atoms with Gasteiger partial charge in [0.25, 0.3) is 5.91 Å². The normalized spacial score (nSPS) is 19.1. The van der Waals surface area contributed by atoms with E-state index in [0.29, 0.717) is 22.8 Å². The Kier molecular flexibility index (Phi) is 6.70. The summed E-state index contributed by atoms with van der Waals surface area (Å²) in [4.78, 5) is 26.4. The number of rotatable bonds is 5. The van der Waals surface area contributed by atoms with E-state index in [4.69, 9.17) is 17.3 Å². The minimum atomic E-state index is -0.209. The second kappa shape index (κ2) is 9.22. The van der Waals surface area contributed by atoms with E-state index in [9.17, 15) is 9.59 Å². The highest BCUT2D eigenvalue weighted by molar-refractivity contribution is 6.31. The minimum absolute atomic E-state index is 0.0822. The molecule has 5 nitrogen and oxygen atoms in total. The maximum Gasteiger partial charge on any atom is 0.255 e. The molecule has 0 radical (unpaired) electrons. The van der Waals surface area contributed by atoms with Crippen LogP contribution < -0.4 is 11.1 Å². The predicted octanol–water partition coefficient (Wildman–Crippen LogP) is 4.21. The van der Waals surface area contributed by atoms with Crippen LogP contribution >= 0.6 is 11.6 Å². The summed E-state index contributed by atoms with van der Waals surface area (Å²) >= 11 is 5.94. The van der Waals surface area contributed by atoms with E-state index in [1.165, 1.54) is 0 Å². The van der Waals surface area contributed by atoms with Gasteiger partial charge in [-0.1, -0.05) is 29.8 Å². The van der Waals surface area contributed by atoms with Crippen LogP contribution in [-0.4, -0.2) is 28.8 Å². The fraction of sp³-hybridized carbons (Fsp3) is 0.364. The Bertz CT molecular complexity index is 830. The maximum atomic E-state index is 12.3. The second-order valence-corrected chi connectivity index (χ2v) is 7.81. The van der Waals surface area contributed by atoms with Crippen molar-refractivity contribution in [2.75, 3.05) is 5.32 Å². The molecule has 0 aromatic heterocycles. The van der Waals surface area contributed by atoms with Gasteiger partial charge in [0.2, 0.25) is 5.91 Å². The van der Waals surface area contributed by atoms with Gasteiger partial charge in [0.1, 0.15) is 0 Å². The molecular formula is C22H26ClN3O2. The van der Waals surface area contributed by atoms with Gasteiger partial charge in [-0.25, -0.2) is 0 Å². The summed E-state index contributed by atoms with van der Waals surface area (Å²) in [5.41, 5.74) is 8.23. The number of carbonyl (C=O) groups is 2. The molecule has 0 aliphatic heterocycles. The van der Waals surface area contributed by atoms with Gasteiger partial charge in [-0.3, -0.25) is 9.59 Å². The third-order valence-electron chi connectivity index (χ3n) is 5.24. The van der Waals surface area contributed by atoms with Crippen LogP contribution in [0.2, 0.25) is 5.02 Å². The van der Waals surface area contributed by atoms with E-state index < -0.39 is 0 Å². The van der Waals surface area contributed by atoms with Crippen molar-refractivity contribution in [3.63, 3.8) is 0 Å². The average Bonchev–Trinajstić information content (AvgIpc) is 2.68. The van der Waals surface area contributed by atoms with Crippen molar-refractivity contribution in [2.24, 2.45) is 5.73 Å². The number of carbonyl (C=O) groups excluding carboxylic acids is 2. The molecule has 1 aliphatic carbocycles. The van der Waals surface area contributed by atoms with E-state index in [-0.39, 0.29) is 23.9 Å². The summed E-state index contributed by atoms with van der Waals surface area (Å²) in [5.74, 6) is -0.127. The van der Waals surface area contributed by atoms with Crippen LogP contribution in [-0.2, 0) is 11.3 Å². The highest BCUT2D eigenvalue weighted by Crippen LogP contribution is 2.24. The molecule has 0 bridgehead atoms. The molecule has 3 N–H and O–H groups in total. The first-order valence-electron chi connectivity index (χ1n) is 9.61. The quantitative estimate of drug-likeness (QED) is 0.790. The van der Waals surface area contributed by atoms with Crippen molar-refractivity contribution in [3.8, 4) is 0 Å². The molecule has 0 unspecified atom stereocenters. The van der Waals surface area contributed by atoms with Crippen molar-refractivity contribution in [1.82, 2.24) is 4.90 Å². The molecule has 0 atom stereocenters. The molecule has 3 rings (SSSR count). The first-order chi connectivity index (χ1) is 13.4. The smallest absolute Gasteiger partial charge is 0.255 e. The number of benzene rings is 2. The summed E-state index contributed by atoms with van der Waals surface area (Å²) < 4.78 is 0. The number of halogens is 1. The monoisotopic (exact) mass is 399 g/mol. The predicted molar refractivity (Wildman–Crippen MR) is 112 cm³/mol. The van der Waals surface area contributed by atoms with Gasteiger partial charge in [0.15, 0.2) is 0 Å². The zero-order valence-electron chi connectivity index (χ0n) is 16.0. The van der Waals surface area contributed by atoms with Crippen LogP contribution in [0.1, 0.15) is 48.5 Å². The molecule has 1 saturated carbocycles. The van der Waals surface area contributed by atoms with Gasteiger partial charge in [0.05, 0.1) is 0 Å². The van der Waals surface area contributed by atoms with Gasteiger partial charge < -0.3 is 16.0 Å². The van der Waals surface area contributed by atoms with Gasteiger partial charge >= 0.3 is 0 Å².